The van der Waals surface area contributed by atoms with Crippen LogP contribution in [-0.4, -0.2) is 49.3 Å². The number of nitrogens with zero attached hydrogens (tertiary/aromatic N) is 1. The molecule has 108 valence electrons. The molecule has 0 amide bonds. The highest BCUT2D eigenvalue weighted by molar-refractivity contribution is 9.10. The third-order valence-corrected chi connectivity index (χ3v) is 3.23. The van der Waals surface area contributed by atoms with Gasteiger partial charge in [-0.1, -0.05) is 11.6 Å². The van der Waals surface area contributed by atoms with Crippen molar-refractivity contribution >= 4 is 27.5 Å². The first-order valence-electron chi connectivity index (χ1n) is 5.72. The van der Waals surface area contributed by atoms with E-state index in [1.165, 1.54) is 4.90 Å². The second-order valence-corrected chi connectivity index (χ2v) is 5.13. The number of aliphatic hydroxyl groups is 1. The summed E-state index contributed by atoms with van der Waals surface area (Å²) < 4.78 is 30.7. The predicted octanol–water partition coefficient (Wildman–Crippen LogP) is 3.04. The van der Waals surface area contributed by atoms with E-state index in [4.69, 9.17) is 21.4 Å². The van der Waals surface area contributed by atoms with Crippen LogP contribution in [0, 0.1) is 0 Å². The molecule has 0 aliphatic rings. The van der Waals surface area contributed by atoms with Gasteiger partial charge in [-0.2, -0.15) is 0 Å². The quantitative estimate of drug-likeness (QED) is 0.775. The summed E-state index contributed by atoms with van der Waals surface area (Å²) in [6.07, 6.45) is -2.42. The average molecular weight is 359 g/mol. The van der Waals surface area contributed by atoms with Crippen LogP contribution in [-0.2, 0) is 0 Å². The van der Waals surface area contributed by atoms with Crippen molar-refractivity contribution in [3.63, 3.8) is 0 Å². The van der Waals surface area contributed by atoms with Gasteiger partial charge >= 0.3 is 0 Å². The molecule has 0 heterocycles. The van der Waals surface area contributed by atoms with Crippen molar-refractivity contribution in [2.75, 3.05) is 32.8 Å². The molecule has 0 saturated carbocycles. The molecule has 3 nitrogen and oxygen atoms in total. The Morgan fingerprint density at radius 3 is 2.68 bits per heavy atom. The van der Waals surface area contributed by atoms with Crippen LogP contribution >= 0.6 is 27.5 Å². The van der Waals surface area contributed by atoms with E-state index in [1.54, 1.807) is 18.2 Å². The van der Waals surface area contributed by atoms with Gasteiger partial charge in [-0.25, -0.2) is 8.78 Å². The van der Waals surface area contributed by atoms with Gasteiger partial charge in [0.25, 0.3) is 6.43 Å². The molecule has 19 heavy (non-hydrogen) atoms. The van der Waals surface area contributed by atoms with E-state index >= 15 is 0 Å². The molecule has 0 radical (unpaired) electrons. The number of alkyl halides is 2. The lowest BCUT2D eigenvalue weighted by Gasteiger charge is -2.20. The van der Waals surface area contributed by atoms with Crippen molar-refractivity contribution in [2.45, 2.75) is 6.43 Å². The average Bonchev–Trinajstić information content (AvgIpc) is 2.31. The molecule has 0 aliphatic carbocycles. The van der Waals surface area contributed by atoms with Crippen LogP contribution in [0.25, 0.3) is 0 Å². The van der Waals surface area contributed by atoms with Crippen LogP contribution in [0.4, 0.5) is 8.78 Å². The summed E-state index contributed by atoms with van der Waals surface area (Å²) in [7, 11) is 0. The number of benzene rings is 1. The molecule has 7 heteroatoms. The molecule has 1 aromatic carbocycles. The van der Waals surface area contributed by atoms with Crippen molar-refractivity contribution in [1.82, 2.24) is 4.90 Å². The molecule has 1 aromatic rings. The van der Waals surface area contributed by atoms with E-state index in [9.17, 15) is 8.78 Å². The van der Waals surface area contributed by atoms with E-state index in [0.717, 1.165) is 0 Å². The van der Waals surface area contributed by atoms with Gasteiger partial charge in [0.2, 0.25) is 0 Å². The molecule has 0 spiro atoms. The number of halogens is 4. The molecule has 0 bridgehead atoms. The summed E-state index contributed by atoms with van der Waals surface area (Å²) in [5, 5.41) is 9.37. The first kappa shape index (κ1) is 16.6. The first-order chi connectivity index (χ1) is 9.02. The Morgan fingerprint density at radius 2 is 2.11 bits per heavy atom. The number of hydrogen-bond acceptors (Lipinski definition) is 3. The zero-order valence-electron chi connectivity index (χ0n) is 10.2. The SMILES string of the molecule is OCCN(CCOc1ccc(Cl)cc1Br)CC(F)F. The molecule has 1 N–H and O–H groups in total. The largest absolute Gasteiger partial charge is 0.491 e. The molecule has 0 unspecified atom stereocenters. The molecule has 0 aromatic heterocycles. The second kappa shape index (κ2) is 8.68. The monoisotopic (exact) mass is 357 g/mol. The fourth-order valence-electron chi connectivity index (χ4n) is 1.51. The fraction of sp³-hybridized carbons (Fsp3) is 0.500. The van der Waals surface area contributed by atoms with Crippen molar-refractivity contribution in [1.29, 1.82) is 0 Å². The van der Waals surface area contributed by atoms with Crippen LogP contribution in [0.5, 0.6) is 5.75 Å². The molecule has 1 rings (SSSR count). The summed E-state index contributed by atoms with van der Waals surface area (Å²) in [6.45, 7) is 0.255. The van der Waals surface area contributed by atoms with Crippen molar-refractivity contribution in [3.8, 4) is 5.75 Å². The van der Waals surface area contributed by atoms with Crippen LogP contribution in [0.1, 0.15) is 0 Å². The van der Waals surface area contributed by atoms with Crippen molar-refractivity contribution in [2.24, 2.45) is 0 Å². The van der Waals surface area contributed by atoms with Crippen molar-refractivity contribution in [3.05, 3.63) is 27.7 Å². The molecule has 0 atom stereocenters. The highest BCUT2D eigenvalue weighted by Crippen LogP contribution is 2.27. The lowest BCUT2D eigenvalue weighted by atomic mass is 10.3. The zero-order chi connectivity index (χ0) is 14.3. The third kappa shape index (κ3) is 6.51. The number of ether oxygens (including phenoxy) is 1. The Bertz CT molecular complexity index is 396. The summed E-state index contributed by atoms with van der Waals surface area (Å²) in [6, 6.07) is 5.09. The lowest BCUT2D eigenvalue weighted by molar-refractivity contribution is 0.0708. The first-order valence-corrected chi connectivity index (χ1v) is 6.89. The maximum Gasteiger partial charge on any atom is 0.251 e. The van der Waals surface area contributed by atoms with Crippen LogP contribution in [0.3, 0.4) is 0 Å². The number of hydrogen-bond donors (Lipinski definition) is 1. The summed E-state index contributed by atoms with van der Waals surface area (Å²) in [4.78, 5) is 1.45. The predicted molar refractivity (Wildman–Crippen MR) is 74.2 cm³/mol. The second-order valence-electron chi connectivity index (χ2n) is 3.84. The van der Waals surface area contributed by atoms with Gasteiger partial charge in [-0.05, 0) is 34.1 Å². The third-order valence-electron chi connectivity index (χ3n) is 2.37. The van der Waals surface area contributed by atoms with Gasteiger partial charge in [0.05, 0.1) is 17.6 Å². The van der Waals surface area contributed by atoms with Crippen LogP contribution in [0.15, 0.2) is 22.7 Å². The van der Waals surface area contributed by atoms with Crippen molar-refractivity contribution < 1.29 is 18.6 Å². The Morgan fingerprint density at radius 1 is 1.37 bits per heavy atom. The maximum atomic E-state index is 12.3. The minimum absolute atomic E-state index is 0.155. The van der Waals surface area contributed by atoms with Gasteiger partial charge in [0.1, 0.15) is 12.4 Å². The fourth-order valence-corrected chi connectivity index (χ4v) is 2.31. The number of aliphatic hydroxyl groups excluding tert-OH is 1. The highest BCUT2D eigenvalue weighted by Gasteiger charge is 2.11. The van der Waals surface area contributed by atoms with E-state index in [0.29, 0.717) is 21.8 Å². The van der Waals surface area contributed by atoms with Gasteiger partial charge in [0, 0.05) is 18.1 Å². The van der Waals surface area contributed by atoms with E-state index in [-0.39, 0.29) is 26.3 Å². The summed E-state index contributed by atoms with van der Waals surface area (Å²) >= 11 is 9.10. The Labute approximate surface area is 124 Å². The summed E-state index contributed by atoms with van der Waals surface area (Å²) in [5.74, 6) is 0.602. The van der Waals surface area contributed by atoms with E-state index in [1.807, 2.05) is 0 Å². The Hall–Kier alpha value is -0.430. The van der Waals surface area contributed by atoms with E-state index in [2.05, 4.69) is 15.9 Å². The minimum Gasteiger partial charge on any atom is -0.491 e. The molecular weight excluding hydrogens is 343 g/mol. The molecule has 0 fully saturated rings. The topological polar surface area (TPSA) is 32.7 Å². The van der Waals surface area contributed by atoms with Gasteiger partial charge in [-0.15, -0.1) is 0 Å². The van der Waals surface area contributed by atoms with E-state index < -0.39 is 6.43 Å². The maximum absolute atomic E-state index is 12.3. The standard InChI is InChI=1S/C12H15BrClF2NO2/c13-10-7-9(14)1-2-11(10)19-6-4-17(3-5-18)8-12(15)16/h1-2,7,12,18H,3-6,8H2. The number of rotatable bonds is 8. The molecule has 0 aliphatic heterocycles. The smallest absolute Gasteiger partial charge is 0.251 e. The normalized spacial score (nSPS) is 11.3. The van der Waals surface area contributed by atoms with Gasteiger partial charge in [-0.3, -0.25) is 4.90 Å². The van der Waals surface area contributed by atoms with Crippen LogP contribution in [0.2, 0.25) is 5.02 Å². The van der Waals surface area contributed by atoms with Gasteiger partial charge in [0.15, 0.2) is 0 Å². The minimum atomic E-state index is -2.42. The molecular formula is C12H15BrClF2NO2. The summed E-state index contributed by atoms with van der Waals surface area (Å²) in [5.41, 5.74) is 0. The lowest BCUT2D eigenvalue weighted by Crippen LogP contribution is -2.35. The van der Waals surface area contributed by atoms with Gasteiger partial charge < -0.3 is 9.84 Å². The molecule has 0 saturated heterocycles. The van der Waals surface area contributed by atoms with Crippen LogP contribution < -0.4 is 4.74 Å². The highest BCUT2D eigenvalue weighted by atomic mass is 79.9. The Kier molecular flexibility index (Phi) is 7.60. The Balaban J connectivity index is 2.42. The zero-order valence-corrected chi connectivity index (χ0v) is 12.5.